The molecular formula is C20H33N3O3. The third kappa shape index (κ3) is 5.22. The van der Waals surface area contributed by atoms with Gasteiger partial charge >= 0.3 is 6.09 Å². The van der Waals surface area contributed by atoms with E-state index < -0.39 is 5.60 Å². The Hall–Kier alpha value is -1.56. The lowest BCUT2D eigenvalue weighted by molar-refractivity contribution is -0.0311. The summed E-state index contributed by atoms with van der Waals surface area (Å²) < 4.78 is 13.6. The lowest BCUT2D eigenvalue weighted by Gasteiger charge is -2.45. The van der Waals surface area contributed by atoms with Gasteiger partial charge in [0.2, 0.25) is 0 Å². The minimum Gasteiger partial charge on any atom is -0.444 e. The van der Waals surface area contributed by atoms with Crippen molar-refractivity contribution in [2.24, 2.45) is 5.41 Å². The third-order valence-electron chi connectivity index (χ3n) is 5.73. The van der Waals surface area contributed by atoms with E-state index in [0.29, 0.717) is 11.5 Å². The van der Waals surface area contributed by atoms with Crippen LogP contribution >= 0.6 is 0 Å². The van der Waals surface area contributed by atoms with Gasteiger partial charge in [0, 0.05) is 32.0 Å². The van der Waals surface area contributed by atoms with Crippen molar-refractivity contribution < 1.29 is 14.3 Å². The third-order valence-corrected chi connectivity index (χ3v) is 5.73. The molecule has 146 valence electrons. The van der Waals surface area contributed by atoms with Crippen LogP contribution in [0.4, 0.5) is 4.79 Å². The van der Waals surface area contributed by atoms with Crippen molar-refractivity contribution in [3.05, 3.63) is 18.7 Å². The molecule has 0 N–H and O–H groups in total. The molecule has 1 saturated heterocycles. The zero-order valence-electron chi connectivity index (χ0n) is 16.4. The summed E-state index contributed by atoms with van der Waals surface area (Å²) in [6.07, 6.45) is 12.7. The molecule has 0 atom stereocenters. The summed E-state index contributed by atoms with van der Waals surface area (Å²) in [5.41, 5.74) is -0.0128. The first kappa shape index (κ1) is 19.2. The van der Waals surface area contributed by atoms with E-state index >= 15 is 0 Å². The smallest absolute Gasteiger partial charge is 0.410 e. The molecule has 26 heavy (non-hydrogen) atoms. The highest BCUT2D eigenvalue weighted by Gasteiger charge is 2.39. The monoisotopic (exact) mass is 363 g/mol. The van der Waals surface area contributed by atoms with Gasteiger partial charge in [0.05, 0.1) is 19.0 Å². The number of nitrogens with zero attached hydrogens (tertiary/aromatic N) is 3. The Balaban J connectivity index is 1.37. The van der Waals surface area contributed by atoms with Crippen molar-refractivity contribution in [2.75, 3.05) is 19.7 Å². The van der Waals surface area contributed by atoms with E-state index in [1.54, 1.807) is 6.20 Å². The Bertz CT molecular complexity index is 562. The molecule has 1 spiro atoms. The van der Waals surface area contributed by atoms with Crippen LogP contribution in [0.2, 0.25) is 0 Å². The Morgan fingerprint density at radius 2 is 1.88 bits per heavy atom. The van der Waals surface area contributed by atoms with Gasteiger partial charge < -0.3 is 18.9 Å². The number of hydrogen-bond donors (Lipinski definition) is 0. The summed E-state index contributed by atoms with van der Waals surface area (Å²) in [4.78, 5) is 18.2. The van der Waals surface area contributed by atoms with Crippen LogP contribution in [0, 0.1) is 5.41 Å². The number of rotatable bonds is 4. The summed E-state index contributed by atoms with van der Waals surface area (Å²) in [5.74, 6) is 0. The number of carbonyl (C=O) groups is 1. The molecule has 0 unspecified atom stereocenters. The van der Waals surface area contributed by atoms with Gasteiger partial charge in [-0.3, -0.25) is 0 Å². The average molecular weight is 364 g/mol. The molecule has 0 radical (unpaired) electrons. The molecule has 1 aliphatic heterocycles. The Labute approximate surface area is 156 Å². The lowest BCUT2D eigenvalue weighted by atomic mass is 9.67. The molecule has 2 fully saturated rings. The van der Waals surface area contributed by atoms with E-state index in [1.165, 1.54) is 12.8 Å². The second kappa shape index (κ2) is 7.99. The molecule has 1 amide bonds. The summed E-state index contributed by atoms with van der Waals surface area (Å²) in [6.45, 7) is 9.02. The van der Waals surface area contributed by atoms with Crippen molar-refractivity contribution in [3.8, 4) is 0 Å². The number of likely N-dealkylation sites (tertiary alicyclic amines) is 1. The highest BCUT2D eigenvalue weighted by Crippen LogP contribution is 2.45. The largest absolute Gasteiger partial charge is 0.444 e. The molecule has 1 aliphatic carbocycles. The maximum Gasteiger partial charge on any atom is 0.410 e. The number of imidazole rings is 1. The molecular weight excluding hydrogens is 330 g/mol. The van der Waals surface area contributed by atoms with Crippen LogP contribution in [0.25, 0.3) is 0 Å². The zero-order chi connectivity index (χ0) is 18.6. The quantitative estimate of drug-likeness (QED) is 0.815. The standard InChI is InChI=1S/C20H33N3O3/c1-19(2,3)26-18(24)23-11-8-20(9-12-23)6-4-17(5-7-20)25-15-14-22-13-10-21-16-22/h10,13,16-17H,4-9,11-12,14-15H2,1-3H3. The normalized spacial score (nSPS) is 21.1. The van der Waals surface area contributed by atoms with Crippen LogP contribution in [-0.4, -0.2) is 51.9 Å². The van der Waals surface area contributed by atoms with Gasteiger partial charge in [-0.15, -0.1) is 0 Å². The molecule has 2 heterocycles. The number of carbonyl (C=O) groups excluding carboxylic acids is 1. The number of aromatic nitrogens is 2. The molecule has 3 rings (SSSR count). The van der Waals surface area contributed by atoms with Crippen LogP contribution < -0.4 is 0 Å². The number of amides is 1. The van der Waals surface area contributed by atoms with Crippen molar-refractivity contribution in [2.45, 2.75) is 77.5 Å². The molecule has 2 aliphatic rings. The highest BCUT2D eigenvalue weighted by atomic mass is 16.6. The van der Waals surface area contributed by atoms with Crippen LogP contribution in [-0.2, 0) is 16.0 Å². The van der Waals surface area contributed by atoms with Crippen molar-refractivity contribution in [1.29, 1.82) is 0 Å². The highest BCUT2D eigenvalue weighted by molar-refractivity contribution is 5.68. The minimum atomic E-state index is -0.418. The molecule has 0 aromatic carbocycles. The molecule has 0 bridgehead atoms. The zero-order valence-corrected chi connectivity index (χ0v) is 16.4. The van der Waals surface area contributed by atoms with Crippen LogP contribution in [0.5, 0.6) is 0 Å². The number of piperidine rings is 1. The minimum absolute atomic E-state index is 0.163. The first-order valence-electron chi connectivity index (χ1n) is 9.91. The van der Waals surface area contributed by atoms with E-state index in [2.05, 4.69) is 9.55 Å². The SMILES string of the molecule is CC(C)(C)OC(=O)N1CCC2(CCC(OCCn3ccnc3)CC2)CC1. The number of ether oxygens (including phenoxy) is 2. The van der Waals surface area contributed by atoms with Crippen LogP contribution in [0.15, 0.2) is 18.7 Å². The average Bonchev–Trinajstić information content (AvgIpc) is 3.09. The summed E-state index contributed by atoms with van der Waals surface area (Å²) in [6, 6.07) is 0. The van der Waals surface area contributed by atoms with Crippen molar-refractivity contribution in [3.63, 3.8) is 0 Å². The molecule has 1 saturated carbocycles. The predicted octanol–water partition coefficient (Wildman–Crippen LogP) is 3.86. The summed E-state index contributed by atoms with van der Waals surface area (Å²) in [7, 11) is 0. The van der Waals surface area contributed by atoms with E-state index in [0.717, 1.165) is 51.9 Å². The molecule has 6 nitrogen and oxygen atoms in total. The van der Waals surface area contributed by atoms with E-state index in [1.807, 2.05) is 38.2 Å². The van der Waals surface area contributed by atoms with Gasteiger partial charge in [-0.05, 0) is 64.7 Å². The summed E-state index contributed by atoms with van der Waals surface area (Å²) in [5, 5.41) is 0. The Morgan fingerprint density at radius 1 is 1.19 bits per heavy atom. The maximum atomic E-state index is 12.2. The Kier molecular flexibility index (Phi) is 5.90. The first-order chi connectivity index (χ1) is 12.4. The fourth-order valence-electron chi connectivity index (χ4n) is 4.10. The topological polar surface area (TPSA) is 56.6 Å². The molecule has 6 heteroatoms. The van der Waals surface area contributed by atoms with Gasteiger partial charge in [0.1, 0.15) is 5.60 Å². The lowest BCUT2D eigenvalue weighted by Crippen LogP contribution is -2.46. The van der Waals surface area contributed by atoms with Crippen molar-refractivity contribution >= 4 is 6.09 Å². The first-order valence-corrected chi connectivity index (χ1v) is 9.91. The second-order valence-corrected chi connectivity index (χ2v) is 8.84. The van der Waals surface area contributed by atoms with Gasteiger partial charge in [-0.25, -0.2) is 9.78 Å². The molecule has 1 aromatic heterocycles. The van der Waals surface area contributed by atoms with Gasteiger partial charge in [0.25, 0.3) is 0 Å². The number of hydrogen-bond acceptors (Lipinski definition) is 4. The fraction of sp³-hybridized carbons (Fsp3) is 0.800. The maximum absolute atomic E-state index is 12.2. The second-order valence-electron chi connectivity index (χ2n) is 8.84. The van der Waals surface area contributed by atoms with Crippen molar-refractivity contribution in [1.82, 2.24) is 14.5 Å². The van der Waals surface area contributed by atoms with E-state index in [-0.39, 0.29) is 6.09 Å². The fourth-order valence-corrected chi connectivity index (χ4v) is 4.10. The summed E-state index contributed by atoms with van der Waals surface area (Å²) >= 11 is 0. The molecule has 1 aromatic rings. The Morgan fingerprint density at radius 3 is 2.46 bits per heavy atom. The van der Waals surface area contributed by atoms with Gasteiger partial charge in [-0.1, -0.05) is 0 Å². The van der Waals surface area contributed by atoms with Crippen LogP contribution in [0.1, 0.15) is 59.3 Å². The van der Waals surface area contributed by atoms with Gasteiger partial charge in [0.15, 0.2) is 0 Å². The van der Waals surface area contributed by atoms with E-state index in [4.69, 9.17) is 9.47 Å². The van der Waals surface area contributed by atoms with E-state index in [9.17, 15) is 4.79 Å². The van der Waals surface area contributed by atoms with Gasteiger partial charge in [-0.2, -0.15) is 0 Å². The predicted molar refractivity (Wildman–Crippen MR) is 99.9 cm³/mol. The van der Waals surface area contributed by atoms with Crippen LogP contribution in [0.3, 0.4) is 0 Å².